The van der Waals surface area contributed by atoms with Crippen LogP contribution in [0.5, 0.6) is 0 Å². The first kappa shape index (κ1) is 16.1. The highest BCUT2D eigenvalue weighted by molar-refractivity contribution is 5.77. The Hall–Kier alpha value is -1.30. The molecule has 0 radical (unpaired) electrons. The molecule has 21 heavy (non-hydrogen) atoms. The van der Waals surface area contributed by atoms with Gasteiger partial charge in [0.05, 0.1) is 5.92 Å². The molecule has 0 aromatic rings. The number of urea groups is 1. The number of nitrogens with zero attached hydrogens (tertiary/aromatic N) is 1. The second-order valence-corrected chi connectivity index (χ2v) is 6.59. The molecule has 4 atom stereocenters. The van der Waals surface area contributed by atoms with E-state index < -0.39 is 11.9 Å². The number of carboxylic acids is 1. The van der Waals surface area contributed by atoms with E-state index in [9.17, 15) is 14.7 Å². The molecule has 2 aliphatic rings. The number of carboxylic acid groups (broad SMARTS) is 1. The van der Waals surface area contributed by atoms with Crippen LogP contribution in [0.1, 0.15) is 39.0 Å². The van der Waals surface area contributed by atoms with Crippen LogP contribution < -0.4 is 10.6 Å². The number of carbonyl (C=O) groups is 2. The van der Waals surface area contributed by atoms with Gasteiger partial charge in [0.2, 0.25) is 0 Å². The summed E-state index contributed by atoms with van der Waals surface area (Å²) in [4.78, 5) is 25.7. The van der Waals surface area contributed by atoms with Crippen molar-refractivity contribution in [3.8, 4) is 0 Å². The second kappa shape index (κ2) is 7.11. The van der Waals surface area contributed by atoms with Gasteiger partial charge in [-0.1, -0.05) is 19.8 Å². The van der Waals surface area contributed by atoms with Crippen molar-refractivity contribution in [2.24, 2.45) is 11.8 Å². The van der Waals surface area contributed by atoms with Gasteiger partial charge in [0, 0.05) is 18.6 Å². The molecular formula is C15H27N3O3. The Labute approximate surface area is 126 Å². The highest BCUT2D eigenvalue weighted by atomic mass is 16.4. The van der Waals surface area contributed by atoms with Crippen LogP contribution in [0.15, 0.2) is 0 Å². The molecule has 4 unspecified atom stereocenters. The predicted molar refractivity (Wildman–Crippen MR) is 80.1 cm³/mol. The zero-order valence-corrected chi connectivity index (χ0v) is 13.0. The molecule has 1 aliphatic carbocycles. The van der Waals surface area contributed by atoms with Crippen molar-refractivity contribution in [3.05, 3.63) is 0 Å². The predicted octanol–water partition coefficient (Wildman–Crippen LogP) is 1.27. The van der Waals surface area contributed by atoms with Crippen LogP contribution in [0.2, 0.25) is 0 Å². The first-order valence-corrected chi connectivity index (χ1v) is 7.95. The average Bonchev–Trinajstić information content (AvgIpc) is 2.42. The van der Waals surface area contributed by atoms with Gasteiger partial charge in [0.1, 0.15) is 0 Å². The summed E-state index contributed by atoms with van der Waals surface area (Å²) in [6, 6.07) is -0.277. The van der Waals surface area contributed by atoms with Crippen LogP contribution in [-0.2, 0) is 4.79 Å². The summed E-state index contributed by atoms with van der Waals surface area (Å²) in [7, 11) is 2.09. The number of nitrogens with one attached hydrogen (secondary N) is 2. The zero-order valence-electron chi connectivity index (χ0n) is 13.0. The van der Waals surface area contributed by atoms with E-state index in [1.54, 1.807) is 0 Å². The van der Waals surface area contributed by atoms with Crippen molar-refractivity contribution in [1.29, 1.82) is 0 Å². The number of rotatable bonds is 3. The van der Waals surface area contributed by atoms with Crippen LogP contribution in [0.4, 0.5) is 4.79 Å². The minimum atomic E-state index is -0.798. The average molecular weight is 297 g/mol. The Bertz CT molecular complexity index is 388. The minimum absolute atomic E-state index is 0.174. The zero-order chi connectivity index (χ0) is 15.4. The summed E-state index contributed by atoms with van der Waals surface area (Å²) in [6.45, 7) is 4.10. The number of hydrogen-bond acceptors (Lipinski definition) is 3. The van der Waals surface area contributed by atoms with Gasteiger partial charge in [-0.3, -0.25) is 4.79 Å². The van der Waals surface area contributed by atoms with Crippen LogP contribution in [0, 0.1) is 11.8 Å². The number of aliphatic carboxylic acids is 1. The highest BCUT2D eigenvalue weighted by Crippen LogP contribution is 2.24. The topological polar surface area (TPSA) is 81.7 Å². The SMILES string of the molecule is CC1CN(C)CCC1NC(=O)NC1CCCCC1C(=O)O. The lowest BCUT2D eigenvalue weighted by Gasteiger charge is -2.36. The highest BCUT2D eigenvalue weighted by Gasteiger charge is 2.33. The van der Waals surface area contributed by atoms with Gasteiger partial charge < -0.3 is 20.6 Å². The van der Waals surface area contributed by atoms with Crippen molar-refractivity contribution in [2.45, 2.75) is 51.1 Å². The normalized spacial score (nSPS) is 34.2. The molecule has 1 aliphatic heterocycles. The van der Waals surface area contributed by atoms with Gasteiger partial charge >= 0.3 is 12.0 Å². The molecular weight excluding hydrogens is 270 g/mol. The fourth-order valence-electron chi connectivity index (χ4n) is 3.55. The number of piperidine rings is 1. The number of amides is 2. The molecule has 0 aromatic carbocycles. The number of hydrogen-bond donors (Lipinski definition) is 3. The maximum atomic E-state index is 12.1. The Morgan fingerprint density at radius 3 is 2.43 bits per heavy atom. The lowest BCUT2D eigenvalue weighted by molar-refractivity contribution is -0.143. The van der Waals surface area contributed by atoms with E-state index in [1.807, 2.05) is 0 Å². The molecule has 2 rings (SSSR count). The van der Waals surface area contributed by atoms with Crippen LogP contribution in [0.3, 0.4) is 0 Å². The molecule has 0 spiro atoms. The second-order valence-electron chi connectivity index (χ2n) is 6.59. The van der Waals surface area contributed by atoms with Crippen molar-refractivity contribution in [2.75, 3.05) is 20.1 Å². The molecule has 3 N–H and O–H groups in total. The molecule has 2 amide bonds. The third-order valence-electron chi connectivity index (χ3n) is 4.82. The van der Waals surface area contributed by atoms with E-state index in [2.05, 4.69) is 29.5 Å². The molecule has 1 heterocycles. The fraction of sp³-hybridized carbons (Fsp3) is 0.867. The van der Waals surface area contributed by atoms with E-state index in [0.29, 0.717) is 12.3 Å². The van der Waals surface area contributed by atoms with E-state index in [1.165, 1.54) is 0 Å². The molecule has 2 fully saturated rings. The quantitative estimate of drug-likeness (QED) is 0.733. The Balaban J connectivity index is 1.84. The molecule has 1 saturated heterocycles. The summed E-state index contributed by atoms with van der Waals surface area (Å²) >= 11 is 0. The lowest BCUT2D eigenvalue weighted by atomic mass is 9.84. The Morgan fingerprint density at radius 1 is 1.10 bits per heavy atom. The van der Waals surface area contributed by atoms with E-state index >= 15 is 0 Å². The van der Waals surface area contributed by atoms with Gasteiger partial charge in [-0.25, -0.2) is 4.79 Å². The minimum Gasteiger partial charge on any atom is -0.481 e. The van der Waals surface area contributed by atoms with E-state index in [0.717, 1.165) is 38.8 Å². The first-order valence-electron chi connectivity index (χ1n) is 7.95. The van der Waals surface area contributed by atoms with Gasteiger partial charge in [-0.05, 0) is 38.8 Å². The maximum absolute atomic E-state index is 12.1. The van der Waals surface area contributed by atoms with Crippen LogP contribution in [-0.4, -0.2) is 54.2 Å². The summed E-state index contributed by atoms with van der Waals surface area (Å²) in [5.41, 5.74) is 0. The van der Waals surface area contributed by atoms with Gasteiger partial charge in [-0.2, -0.15) is 0 Å². The third-order valence-corrected chi connectivity index (χ3v) is 4.82. The van der Waals surface area contributed by atoms with Gasteiger partial charge in [0.25, 0.3) is 0 Å². The summed E-state index contributed by atoms with van der Waals surface area (Å²) in [5.74, 6) is -0.830. The van der Waals surface area contributed by atoms with E-state index in [-0.39, 0.29) is 18.1 Å². The van der Waals surface area contributed by atoms with Crippen molar-refractivity contribution in [3.63, 3.8) is 0 Å². The summed E-state index contributed by atoms with van der Waals surface area (Å²) in [5, 5.41) is 15.1. The third kappa shape index (κ3) is 4.33. The van der Waals surface area contributed by atoms with Crippen molar-refractivity contribution < 1.29 is 14.7 Å². The monoisotopic (exact) mass is 297 g/mol. The molecule has 6 nitrogen and oxygen atoms in total. The lowest BCUT2D eigenvalue weighted by Crippen LogP contribution is -2.55. The van der Waals surface area contributed by atoms with Gasteiger partial charge in [0.15, 0.2) is 0 Å². The first-order chi connectivity index (χ1) is 9.97. The molecule has 0 aromatic heterocycles. The van der Waals surface area contributed by atoms with Crippen molar-refractivity contribution >= 4 is 12.0 Å². The molecule has 1 saturated carbocycles. The van der Waals surface area contributed by atoms with Crippen LogP contribution >= 0.6 is 0 Å². The van der Waals surface area contributed by atoms with Crippen molar-refractivity contribution in [1.82, 2.24) is 15.5 Å². The fourth-order valence-corrected chi connectivity index (χ4v) is 3.55. The summed E-state index contributed by atoms with van der Waals surface area (Å²) < 4.78 is 0. The Kier molecular flexibility index (Phi) is 5.45. The Morgan fingerprint density at radius 2 is 1.76 bits per heavy atom. The standard InChI is InChI=1S/C15H27N3O3/c1-10-9-18(2)8-7-12(10)16-15(21)17-13-6-4-3-5-11(13)14(19)20/h10-13H,3-9H2,1-2H3,(H,19,20)(H2,16,17,21). The summed E-state index contributed by atoms with van der Waals surface area (Å²) in [6.07, 6.45) is 4.28. The number of likely N-dealkylation sites (tertiary alicyclic amines) is 1. The smallest absolute Gasteiger partial charge is 0.315 e. The molecule has 6 heteroatoms. The molecule has 120 valence electrons. The number of carbonyl (C=O) groups excluding carboxylic acids is 1. The van der Waals surface area contributed by atoms with Crippen LogP contribution in [0.25, 0.3) is 0 Å². The molecule has 0 bridgehead atoms. The largest absolute Gasteiger partial charge is 0.481 e. The van der Waals surface area contributed by atoms with Gasteiger partial charge in [-0.15, -0.1) is 0 Å². The maximum Gasteiger partial charge on any atom is 0.315 e. The van der Waals surface area contributed by atoms with E-state index in [4.69, 9.17) is 0 Å².